The molecule has 0 spiro atoms. The van der Waals surface area contributed by atoms with E-state index in [0.29, 0.717) is 0 Å². The van der Waals surface area contributed by atoms with E-state index in [1.54, 1.807) is 0 Å². The second kappa shape index (κ2) is 5.66. The molecule has 12 heavy (non-hydrogen) atoms. The van der Waals surface area contributed by atoms with Crippen LogP contribution in [-0.4, -0.2) is 8.42 Å². The molecule has 3 heteroatoms. The van der Waals surface area contributed by atoms with Gasteiger partial charge < -0.3 is 0 Å². The smallest absolute Gasteiger partial charge is 0.168 e. The van der Waals surface area contributed by atoms with Gasteiger partial charge in [0.25, 0.3) is 0 Å². The number of hydrogen-bond donors (Lipinski definition) is 0. The third kappa shape index (κ3) is 4.79. The molecule has 0 saturated heterocycles. The van der Waals surface area contributed by atoms with Crippen LogP contribution in [0.1, 0.15) is 16.7 Å². The molecule has 0 bridgehead atoms. The van der Waals surface area contributed by atoms with Crippen LogP contribution in [0, 0.1) is 20.8 Å². The minimum absolute atomic E-state index is 0.750. The standard InChI is InChI=1S/C9H12.O2S/c1-7-4-8(2)6-9(3)5-7;1-3-2/h4-6H,1-3H3;. The summed E-state index contributed by atoms with van der Waals surface area (Å²) in [7, 11) is 0. The van der Waals surface area contributed by atoms with E-state index in [9.17, 15) is 0 Å². The highest BCUT2D eigenvalue weighted by molar-refractivity contribution is 7.51. The Labute approximate surface area is 76.2 Å². The summed E-state index contributed by atoms with van der Waals surface area (Å²) in [5.41, 5.74) is 4.06. The average molecular weight is 184 g/mol. The van der Waals surface area contributed by atoms with Crippen LogP contribution in [0.5, 0.6) is 0 Å². The first-order valence-electron chi connectivity index (χ1n) is 3.57. The second-order valence-corrected chi connectivity index (χ2v) is 2.87. The van der Waals surface area contributed by atoms with Crippen molar-refractivity contribution in [1.82, 2.24) is 0 Å². The number of aryl methyl sites for hydroxylation is 3. The van der Waals surface area contributed by atoms with Gasteiger partial charge in [0.05, 0.1) is 0 Å². The predicted octanol–water partition coefficient (Wildman–Crippen LogP) is 1.94. The molecule has 0 aliphatic rings. The molecule has 1 rings (SSSR count). The normalized spacial score (nSPS) is 8.25. The molecule has 1 aromatic rings. The molecule has 0 heterocycles. The Bertz CT molecular complexity index is 238. The molecule has 2 nitrogen and oxygen atoms in total. The van der Waals surface area contributed by atoms with Gasteiger partial charge in [0, 0.05) is 0 Å². The maximum Gasteiger partial charge on any atom is 0.335 e. The summed E-state index contributed by atoms with van der Waals surface area (Å²) in [4.78, 5) is 0. The highest BCUT2D eigenvalue weighted by atomic mass is 32.1. The first-order valence-corrected chi connectivity index (χ1v) is 4.23. The van der Waals surface area contributed by atoms with Gasteiger partial charge in [-0.3, -0.25) is 0 Å². The van der Waals surface area contributed by atoms with Crippen LogP contribution in [0.2, 0.25) is 0 Å². The summed E-state index contributed by atoms with van der Waals surface area (Å²) in [6, 6.07) is 6.56. The molecule has 0 aliphatic carbocycles. The van der Waals surface area contributed by atoms with Crippen molar-refractivity contribution < 1.29 is 8.42 Å². The fraction of sp³-hybridized carbons (Fsp3) is 0.333. The molecule has 0 radical (unpaired) electrons. The highest BCUT2D eigenvalue weighted by Gasteiger charge is 1.87. The zero-order valence-corrected chi connectivity index (χ0v) is 8.27. The van der Waals surface area contributed by atoms with Crippen LogP contribution >= 0.6 is 0 Å². The third-order valence-corrected chi connectivity index (χ3v) is 1.37. The topological polar surface area (TPSA) is 34.1 Å². The summed E-state index contributed by atoms with van der Waals surface area (Å²) in [5.74, 6) is 0. The van der Waals surface area contributed by atoms with Gasteiger partial charge >= 0.3 is 11.6 Å². The van der Waals surface area contributed by atoms with E-state index in [-0.39, 0.29) is 0 Å². The molecule has 0 aliphatic heterocycles. The molecule has 0 amide bonds. The molecule has 0 fully saturated rings. The summed E-state index contributed by atoms with van der Waals surface area (Å²) in [6.07, 6.45) is 0. The van der Waals surface area contributed by atoms with E-state index in [1.165, 1.54) is 16.7 Å². The predicted molar refractivity (Wildman–Crippen MR) is 49.6 cm³/mol. The zero-order chi connectivity index (χ0) is 9.56. The summed E-state index contributed by atoms with van der Waals surface area (Å²) in [6.45, 7) is 6.38. The van der Waals surface area contributed by atoms with Crippen molar-refractivity contribution in [2.75, 3.05) is 0 Å². The molecular formula is C9H12O2S. The molecule has 0 unspecified atom stereocenters. The Kier molecular flexibility index (Phi) is 5.21. The van der Waals surface area contributed by atoms with Gasteiger partial charge in [0.2, 0.25) is 0 Å². The Balaban J connectivity index is 0.000000354. The van der Waals surface area contributed by atoms with Crippen LogP contribution in [0.15, 0.2) is 18.2 Å². The SMILES string of the molecule is Cc1cc(C)cc(C)c1.O=S=O. The summed E-state index contributed by atoms with van der Waals surface area (Å²) >= 11 is -0.750. The van der Waals surface area contributed by atoms with E-state index in [4.69, 9.17) is 8.42 Å². The van der Waals surface area contributed by atoms with Crippen LogP contribution in [0.25, 0.3) is 0 Å². The Morgan fingerprint density at radius 1 is 0.833 bits per heavy atom. The quantitative estimate of drug-likeness (QED) is 0.617. The van der Waals surface area contributed by atoms with E-state index in [1.807, 2.05) is 0 Å². The van der Waals surface area contributed by atoms with E-state index in [2.05, 4.69) is 39.0 Å². The molecule has 0 aromatic heterocycles. The second-order valence-electron chi connectivity index (χ2n) is 2.73. The molecule has 1 aromatic carbocycles. The van der Waals surface area contributed by atoms with Crippen molar-refractivity contribution >= 4 is 11.6 Å². The third-order valence-electron chi connectivity index (χ3n) is 1.37. The number of hydrogen-bond acceptors (Lipinski definition) is 2. The Morgan fingerprint density at radius 3 is 1.17 bits per heavy atom. The van der Waals surface area contributed by atoms with Crippen molar-refractivity contribution in [2.24, 2.45) is 0 Å². The fourth-order valence-electron chi connectivity index (χ4n) is 1.20. The lowest BCUT2D eigenvalue weighted by Gasteiger charge is -1.96. The lowest BCUT2D eigenvalue weighted by Crippen LogP contribution is -1.78. The van der Waals surface area contributed by atoms with E-state index in [0.717, 1.165) is 0 Å². The average Bonchev–Trinajstić information content (AvgIpc) is 1.84. The van der Waals surface area contributed by atoms with Gasteiger partial charge in [-0.2, -0.15) is 8.42 Å². The van der Waals surface area contributed by atoms with Crippen molar-refractivity contribution in [1.29, 1.82) is 0 Å². The Hall–Kier alpha value is -0.960. The Morgan fingerprint density at radius 2 is 1.00 bits per heavy atom. The zero-order valence-electron chi connectivity index (χ0n) is 7.46. The van der Waals surface area contributed by atoms with Crippen molar-refractivity contribution in [3.8, 4) is 0 Å². The van der Waals surface area contributed by atoms with Gasteiger partial charge in [-0.05, 0) is 20.8 Å². The first-order chi connectivity index (χ1) is 5.60. The van der Waals surface area contributed by atoms with E-state index >= 15 is 0 Å². The number of benzene rings is 1. The van der Waals surface area contributed by atoms with Gasteiger partial charge in [-0.25, -0.2) is 0 Å². The van der Waals surface area contributed by atoms with Crippen LogP contribution in [0.4, 0.5) is 0 Å². The van der Waals surface area contributed by atoms with E-state index < -0.39 is 11.6 Å². The van der Waals surface area contributed by atoms with Crippen LogP contribution in [-0.2, 0) is 11.6 Å². The highest BCUT2D eigenvalue weighted by Crippen LogP contribution is 2.06. The lowest BCUT2D eigenvalue weighted by molar-refractivity contribution is 0.630. The van der Waals surface area contributed by atoms with Gasteiger partial charge in [0.15, 0.2) is 0 Å². The first kappa shape index (κ1) is 11.0. The molecular weight excluding hydrogens is 172 g/mol. The molecule has 0 saturated carbocycles. The van der Waals surface area contributed by atoms with Crippen molar-refractivity contribution in [3.05, 3.63) is 34.9 Å². The van der Waals surface area contributed by atoms with Crippen LogP contribution in [0.3, 0.4) is 0 Å². The van der Waals surface area contributed by atoms with Crippen LogP contribution < -0.4 is 0 Å². The maximum atomic E-state index is 8.29. The lowest BCUT2D eigenvalue weighted by atomic mass is 10.1. The summed E-state index contributed by atoms with van der Waals surface area (Å²) in [5, 5.41) is 0. The van der Waals surface area contributed by atoms with Gasteiger partial charge in [-0.15, -0.1) is 0 Å². The monoisotopic (exact) mass is 184 g/mol. The molecule has 0 N–H and O–H groups in total. The van der Waals surface area contributed by atoms with Gasteiger partial charge in [-0.1, -0.05) is 34.9 Å². The van der Waals surface area contributed by atoms with Crippen molar-refractivity contribution in [2.45, 2.75) is 20.8 Å². The fourth-order valence-corrected chi connectivity index (χ4v) is 1.20. The minimum atomic E-state index is -0.750. The number of rotatable bonds is 0. The summed E-state index contributed by atoms with van der Waals surface area (Å²) < 4.78 is 16.6. The minimum Gasteiger partial charge on any atom is -0.168 e. The van der Waals surface area contributed by atoms with Gasteiger partial charge in [0.1, 0.15) is 0 Å². The van der Waals surface area contributed by atoms with Crippen molar-refractivity contribution in [3.63, 3.8) is 0 Å². The molecule has 0 atom stereocenters. The molecule has 66 valence electrons. The largest absolute Gasteiger partial charge is 0.335 e. The maximum absolute atomic E-state index is 8.29.